The number of nitrogens with one attached hydrogen (secondary N) is 1. The van der Waals surface area contributed by atoms with Crippen LogP contribution >= 0.6 is 0 Å². The molecule has 0 unspecified atom stereocenters. The van der Waals surface area contributed by atoms with Gasteiger partial charge in [-0.3, -0.25) is 9.69 Å². The molecule has 2 fully saturated rings. The average Bonchev–Trinajstić information content (AvgIpc) is 2.90. The molecule has 1 saturated carbocycles. The fourth-order valence-corrected chi connectivity index (χ4v) is 4.25. The Labute approximate surface area is 154 Å². The van der Waals surface area contributed by atoms with Crippen molar-refractivity contribution >= 4 is 11.9 Å². The summed E-state index contributed by atoms with van der Waals surface area (Å²) >= 11 is 0. The second-order valence-electron chi connectivity index (χ2n) is 7.50. The smallest absolute Gasteiger partial charge is 0.323 e. The maximum atomic E-state index is 13.0. The lowest BCUT2D eigenvalue weighted by molar-refractivity contribution is -0.134. The molecule has 1 saturated heterocycles. The van der Waals surface area contributed by atoms with Crippen LogP contribution in [0.2, 0.25) is 0 Å². The molecule has 1 heterocycles. The van der Waals surface area contributed by atoms with Gasteiger partial charge >= 0.3 is 6.03 Å². The normalized spacial score (nSPS) is 25.6. The molecule has 2 aliphatic rings. The first-order chi connectivity index (χ1) is 12.6. The van der Waals surface area contributed by atoms with Gasteiger partial charge < -0.3 is 5.32 Å². The van der Waals surface area contributed by atoms with Crippen molar-refractivity contribution in [2.75, 3.05) is 0 Å². The summed E-state index contributed by atoms with van der Waals surface area (Å²) < 4.78 is 0. The molecule has 0 bridgehead atoms. The lowest BCUT2D eigenvalue weighted by atomic mass is 9.73. The van der Waals surface area contributed by atoms with Crippen LogP contribution in [0.1, 0.15) is 38.2 Å². The predicted octanol–water partition coefficient (Wildman–Crippen LogP) is 4.35. The standard InChI is InChI=1S/C22H24N2O2/c1-16-7-5-6-14-22(16)20(25)24(21(26)23-22)15-17-10-12-19(13-11-17)18-8-3-2-4-9-18/h2-4,8-13,16H,5-7,14-15H2,1H3,(H,23,26)/t16-,22-/m1/s1. The number of carbonyl (C=O) groups excluding carboxylic acids is 2. The van der Waals surface area contributed by atoms with Gasteiger partial charge in [0, 0.05) is 0 Å². The third-order valence-corrected chi connectivity index (χ3v) is 5.90. The Morgan fingerprint density at radius 1 is 1.00 bits per heavy atom. The Kier molecular flexibility index (Phi) is 4.27. The molecule has 1 N–H and O–H groups in total. The number of urea groups is 1. The fraction of sp³-hybridized carbons (Fsp3) is 0.364. The molecule has 0 radical (unpaired) electrons. The van der Waals surface area contributed by atoms with Crippen LogP contribution < -0.4 is 5.32 Å². The molecule has 134 valence electrons. The van der Waals surface area contributed by atoms with Crippen LogP contribution in [-0.4, -0.2) is 22.4 Å². The molecule has 1 aliphatic carbocycles. The van der Waals surface area contributed by atoms with Gasteiger partial charge in [0.25, 0.3) is 5.91 Å². The van der Waals surface area contributed by atoms with Gasteiger partial charge in [0.2, 0.25) is 0 Å². The van der Waals surface area contributed by atoms with E-state index in [1.807, 2.05) is 42.5 Å². The number of amides is 3. The van der Waals surface area contributed by atoms with Crippen molar-refractivity contribution < 1.29 is 9.59 Å². The minimum absolute atomic E-state index is 0.0539. The van der Waals surface area contributed by atoms with E-state index in [-0.39, 0.29) is 17.9 Å². The molecule has 2 aromatic rings. The van der Waals surface area contributed by atoms with Gasteiger partial charge in [-0.25, -0.2) is 4.79 Å². The molecule has 4 heteroatoms. The minimum atomic E-state index is -0.681. The maximum Gasteiger partial charge on any atom is 0.325 e. The van der Waals surface area contributed by atoms with E-state index in [0.29, 0.717) is 6.54 Å². The highest BCUT2D eigenvalue weighted by Gasteiger charge is 2.54. The number of imide groups is 1. The molecule has 1 aliphatic heterocycles. The molecule has 4 rings (SSSR count). The van der Waals surface area contributed by atoms with E-state index in [0.717, 1.165) is 42.4 Å². The summed E-state index contributed by atoms with van der Waals surface area (Å²) in [5.74, 6) is 0.139. The topological polar surface area (TPSA) is 49.4 Å². The fourth-order valence-electron chi connectivity index (χ4n) is 4.25. The average molecular weight is 348 g/mol. The van der Waals surface area contributed by atoms with Gasteiger partial charge in [-0.15, -0.1) is 0 Å². The Balaban J connectivity index is 1.52. The van der Waals surface area contributed by atoms with Crippen LogP contribution in [-0.2, 0) is 11.3 Å². The number of hydrogen-bond acceptors (Lipinski definition) is 2. The maximum absolute atomic E-state index is 13.0. The van der Waals surface area contributed by atoms with Gasteiger partial charge in [0.05, 0.1) is 6.54 Å². The number of hydrogen-bond donors (Lipinski definition) is 1. The SMILES string of the molecule is C[C@@H]1CCCC[C@@]12NC(=O)N(Cc1ccc(-c3ccccc3)cc1)C2=O. The Hall–Kier alpha value is -2.62. The van der Waals surface area contributed by atoms with E-state index in [1.165, 1.54) is 4.90 Å². The van der Waals surface area contributed by atoms with Gasteiger partial charge in [0.15, 0.2) is 0 Å². The molecule has 0 aromatic heterocycles. The molecule has 26 heavy (non-hydrogen) atoms. The minimum Gasteiger partial charge on any atom is -0.323 e. The van der Waals surface area contributed by atoms with Gasteiger partial charge in [-0.05, 0) is 35.4 Å². The van der Waals surface area contributed by atoms with E-state index < -0.39 is 5.54 Å². The molecular weight excluding hydrogens is 324 g/mol. The number of carbonyl (C=O) groups is 2. The first-order valence-corrected chi connectivity index (χ1v) is 9.39. The van der Waals surface area contributed by atoms with Crippen molar-refractivity contribution in [3.8, 4) is 11.1 Å². The van der Waals surface area contributed by atoms with Gasteiger partial charge in [0.1, 0.15) is 5.54 Å². The third-order valence-electron chi connectivity index (χ3n) is 5.90. The highest BCUT2D eigenvalue weighted by molar-refractivity contribution is 6.07. The second kappa shape index (κ2) is 6.60. The zero-order valence-corrected chi connectivity index (χ0v) is 15.1. The first-order valence-electron chi connectivity index (χ1n) is 9.39. The van der Waals surface area contributed by atoms with Crippen LogP contribution in [0.15, 0.2) is 54.6 Å². The summed E-state index contributed by atoms with van der Waals surface area (Å²) in [6.07, 6.45) is 3.87. The van der Waals surface area contributed by atoms with Gasteiger partial charge in [-0.1, -0.05) is 74.4 Å². The largest absolute Gasteiger partial charge is 0.325 e. The van der Waals surface area contributed by atoms with Crippen molar-refractivity contribution in [2.45, 2.75) is 44.7 Å². The van der Waals surface area contributed by atoms with E-state index in [2.05, 4.69) is 24.4 Å². The summed E-state index contributed by atoms with van der Waals surface area (Å²) in [4.78, 5) is 26.9. The van der Waals surface area contributed by atoms with Crippen LogP contribution in [0, 0.1) is 5.92 Å². The van der Waals surface area contributed by atoms with Crippen molar-refractivity contribution in [1.82, 2.24) is 10.2 Å². The van der Waals surface area contributed by atoms with Crippen molar-refractivity contribution in [1.29, 1.82) is 0 Å². The van der Waals surface area contributed by atoms with Crippen molar-refractivity contribution in [3.05, 3.63) is 60.2 Å². The summed E-state index contributed by atoms with van der Waals surface area (Å²) in [6.45, 7) is 2.41. The Morgan fingerprint density at radius 2 is 1.69 bits per heavy atom. The molecule has 1 spiro atoms. The number of rotatable bonds is 3. The summed E-state index contributed by atoms with van der Waals surface area (Å²) in [6, 6.07) is 18.0. The molecule has 2 aromatic carbocycles. The predicted molar refractivity (Wildman–Crippen MR) is 101 cm³/mol. The third kappa shape index (κ3) is 2.79. The second-order valence-corrected chi connectivity index (χ2v) is 7.50. The van der Waals surface area contributed by atoms with Crippen LogP contribution in [0.4, 0.5) is 4.79 Å². The molecule has 4 nitrogen and oxygen atoms in total. The van der Waals surface area contributed by atoms with E-state index in [9.17, 15) is 9.59 Å². The van der Waals surface area contributed by atoms with Crippen LogP contribution in [0.5, 0.6) is 0 Å². The Bertz CT molecular complexity index is 816. The lowest BCUT2D eigenvalue weighted by Gasteiger charge is -2.36. The summed E-state index contributed by atoms with van der Waals surface area (Å²) in [7, 11) is 0. The first kappa shape index (κ1) is 16.8. The Morgan fingerprint density at radius 3 is 2.38 bits per heavy atom. The van der Waals surface area contributed by atoms with Gasteiger partial charge in [-0.2, -0.15) is 0 Å². The zero-order valence-electron chi connectivity index (χ0n) is 15.1. The number of benzene rings is 2. The molecular formula is C22H24N2O2. The van der Waals surface area contributed by atoms with E-state index in [1.54, 1.807) is 0 Å². The number of nitrogens with zero attached hydrogens (tertiary/aromatic N) is 1. The summed E-state index contributed by atoms with van der Waals surface area (Å²) in [5.41, 5.74) is 2.57. The quantitative estimate of drug-likeness (QED) is 0.838. The highest BCUT2D eigenvalue weighted by atomic mass is 16.2. The van der Waals surface area contributed by atoms with Crippen LogP contribution in [0.25, 0.3) is 11.1 Å². The zero-order chi connectivity index (χ0) is 18.1. The van der Waals surface area contributed by atoms with Crippen molar-refractivity contribution in [2.24, 2.45) is 5.92 Å². The van der Waals surface area contributed by atoms with E-state index in [4.69, 9.17) is 0 Å². The lowest BCUT2D eigenvalue weighted by Crippen LogP contribution is -2.53. The van der Waals surface area contributed by atoms with E-state index >= 15 is 0 Å². The summed E-state index contributed by atoms with van der Waals surface area (Å²) in [5, 5.41) is 3.01. The van der Waals surface area contributed by atoms with Crippen LogP contribution in [0.3, 0.4) is 0 Å². The molecule has 3 amide bonds. The molecule has 2 atom stereocenters. The monoisotopic (exact) mass is 348 g/mol. The highest BCUT2D eigenvalue weighted by Crippen LogP contribution is 2.38. The van der Waals surface area contributed by atoms with Crippen molar-refractivity contribution in [3.63, 3.8) is 0 Å².